The van der Waals surface area contributed by atoms with Crippen molar-refractivity contribution in [3.8, 4) is 0 Å². The largest absolute Gasteiger partial charge is 0.303 e. The number of anilines is 1. The Morgan fingerprint density at radius 3 is 2.50 bits per heavy atom. The second kappa shape index (κ2) is 7.17. The quantitative estimate of drug-likeness (QED) is 0.581. The Morgan fingerprint density at radius 2 is 1.86 bits per heavy atom. The second-order valence-corrected chi connectivity index (χ2v) is 6.67. The van der Waals surface area contributed by atoms with Gasteiger partial charge >= 0.3 is 0 Å². The van der Waals surface area contributed by atoms with Gasteiger partial charge in [0.05, 0.1) is 4.90 Å². The molecule has 0 unspecified atom stereocenters. The molecule has 0 bridgehead atoms. The lowest BCUT2D eigenvalue weighted by molar-refractivity contribution is -0.107. The third-order valence-corrected chi connectivity index (χ3v) is 5.21. The predicted molar refractivity (Wildman–Crippen MR) is 85.2 cm³/mol. The standard InChI is InChI=1S/C16H18N2O3S/c1-14-8-2-3-9-15(14)22(20,21)18(12-6-7-13-19)16-10-4-5-11-17-16/h2-5,8-11,13H,6-7,12H2,1H3. The smallest absolute Gasteiger partial charge is 0.265 e. The number of sulfonamides is 1. The molecule has 0 aliphatic rings. The summed E-state index contributed by atoms with van der Waals surface area (Å²) in [4.78, 5) is 14.9. The summed E-state index contributed by atoms with van der Waals surface area (Å²) in [5.74, 6) is 0.358. The van der Waals surface area contributed by atoms with E-state index in [1.807, 2.05) is 0 Å². The van der Waals surface area contributed by atoms with Crippen LogP contribution in [0.4, 0.5) is 5.82 Å². The molecule has 0 saturated carbocycles. The van der Waals surface area contributed by atoms with E-state index in [-0.39, 0.29) is 11.4 Å². The van der Waals surface area contributed by atoms with Gasteiger partial charge in [-0.25, -0.2) is 17.7 Å². The maximum Gasteiger partial charge on any atom is 0.265 e. The Bertz CT molecular complexity index is 730. The minimum atomic E-state index is -3.71. The van der Waals surface area contributed by atoms with Crippen molar-refractivity contribution in [1.29, 1.82) is 0 Å². The van der Waals surface area contributed by atoms with Crippen molar-refractivity contribution < 1.29 is 13.2 Å². The molecule has 2 rings (SSSR count). The van der Waals surface area contributed by atoms with Crippen LogP contribution in [-0.4, -0.2) is 26.2 Å². The lowest BCUT2D eigenvalue weighted by Gasteiger charge is -2.24. The Hall–Kier alpha value is -2.21. The summed E-state index contributed by atoms with van der Waals surface area (Å²) in [6, 6.07) is 12.0. The number of aryl methyl sites for hydroxylation is 1. The van der Waals surface area contributed by atoms with Crippen molar-refractivity contribution in [2.24, 2.45) is 0 Å². The number of aromatic nitrogens is 1. The molecule has 5 nitrogen and oxygen atoms in total. The SMILES string of the molecule is Cc1ccccc1S(=O)(=O)N(CCCC=O)c1ccccn1. The van der Waals surface area contributed by atoms with Crippen LogP contribution >= 0.6 is 0 Å². The zero-order chi connectivity index (χ0) is 16.0. The first-order chi connectivity index (χ1) is 10.6. The van der Waals surface area contributed by atoms with Crippen LogP contribution in [0, 0.1) is 6.92 Å². The maximum absolute atomic E-state index is 12.9. The van der Waals surface area contributed by atoms with Gasteiger partial charge < -0.3 is 4.79 Å². The first-order valence-electron chi connectivity index (χ1n) is 7.00. The lowest BCUT2D eigenvalue weighted by Crippen LogP contribution is -2.33. The molecule has 6 heteroatoms. The summed E-state index contributed by atoms with van der Waals surface area (Å²) in [6.07, 6.45) is 3.10. The predicted octanol–water partition coefficient (Wildman–Crippen LogP) is 2.56. The number of carbonyl (C=O) groups is 1. The maximum atomic E-state index is 12.9. The number of benzene rings is 1. The van der Waals surface area contributed by atoms with Crippen LogP contribution in [0.3, 0.4) is 0 Å². The third kappa shape index (κ3) is 3.51. The Morgan fingerprint density at radius 1 is 1.14 bits per heavy atom. The molecule has 0 saturated heterocycles. The second-order valence-electron chi connectivity index (χ2n) is 4.84. The highest BCUT2D eigenvalue weighted by atomic mass is 32.2. The summed E-state index contributed by atoms with van der Waals surface area (Å²) >= 11 is 0. The topological polar surface area (TPSA) is 67.3 Å². The first-order valence-corrected chi connectivity index (χ1v) is 8.44. The molecule has 1 aromatic carbocycles. The third-order valence-electron chi connectivity index (χ3n) is 3.25. The summed E-state index contributed by atoms with van der Waals surface area (Å²) in [7, 11) is -3.71. The molecule has 0 radical (unpaired) electrons. The molecule has 0 aliphatic heterocycles. The number of hydrogen-bond donors (Lipinski definition) is 0. The zero-order valence-electron chi connectivity index (χ0n) is 12.3. The van der Waals surface area contributed by atoms with Gasteiger partial charge in [-0.15, -0.1) is 0 Å². The van der Waals surface area contributed by atoms with Gasteiger partial charge in [0.15, 0.2) is 0 Å². The molecular weight excluding hydrogens is 300 g/mol. The normalized spacial score (nSPS) is 11.1. The van der Waals surface area contributed by atoms with E-state index in [1.165, 1.54) is 4.31 Å². The number of unbranched alkanes of at least 4 members (excludes halogenated alkanes) is 1. The van der Waals surface area contributed by atoms with Crippen molar-refractivity contribution in [3.05, 3.63) is 54.2 Å². The van der Waals surface area contributed by atoms with E-state index in [1.54, 1.807) is 55.6 Å². The van der Waals surface area contributed by atoms with Gasteiger partial charge in [-0.2, -0.15) is 0 Å². The van der Waals surface area contributed by atoms with Crippen LogP contribution in [0.5, 0.6) is 0 Å². The number of pyridine rings is 1. The van der Waals surface area contributed by atoms with E-state index >= 15 is 0 Å². The molecule has 2 aromatic rings. The molecular formula is C16H18N2O3S. The highest BCUT2D eigenvalue weighted by molar-refractivity contribution is 7.92. The average Bonchev–Trinajstić information content (AvgIpc) is 2.52. The molecule has 0 amide bonds. The van der Waals surface area contributed by atoms with Gasteiger partial charge in [-0.1, -0.05) is 24.3 Å². The minimum absolute atomic E-state index is 0.215. The van der Waals surface area contributed by atoms with Crippen LogP contribution in [0.2, 0.25) is 0 Å². The van der Waals surface area contributed by atoms with Crippen LogP contribution in [0.25, 0.3) is 0 Å². The molecule has 1 heterocycles. The molecule has 116 valence electrons. The zero-order valence-corrected chi connectivity index (χ0v) is 13.2. The van der Waals surface area contributed by atoms with E-state index in [9.17, 15) is 13.2 Å². The van der Waals surface area contributed by atoms with Gasteiger partial charge in [0, 0.05) is 19.2 Å². The highest BCUT2D eigenvalue weighted by Crippen LogP contribution is 2.24. The Labute approximate surface area is 130 Å². The summed E-state index contributed by atoms with van der Waals surface area (Å²) < 4.78 is 27.2. The van der Waals surface area contributed by atoms with Gasteiger partial charge in [0.25, 0.3) is 10.0 Å². The fraction of sp³-hybridized carbons (Fsp3) is 0.250. The Balaban J connectivity index is 2.44. The number of rotatable bonds is 7. The lowest BCUT2D eigenvalue weighted by atomic mass is 10.2. The number of hydrogen-bond acceptors (Lipinski definition) is 4. The fourth-order valence-corrected chi connectivity index (χ4v) is 3.83. The van der Waals surface area contributed by atoms with E-state index in [0.717, 1.165) is 6.29 Å². The van der Waals surface area contributed by atoms with Crippen LogP contribution < -0.4 is 4.31 Å². The van der Waals surface area contributed by atoms with Crippen molar-refractivity contribution in [2.45, 2.75) is 24.7 Å². The van der Waals surface area contributed by atoms with Crippen LogP contribution in [0.1, 0.15) is 18.4 Å². The van der Waals surface area contributed by atoms with E-state index in [0.29, 0.717) is 24.2 Å². The summed E-state index contributed by atoms with van der Waals surface area (Å²) in [5.41, 5.74) is 0.679. The van der Waals surface area contributed by atoms with Crippen molar-refractivity contribution in [3.63, 3.8) is 0 Å². The van der Waals surface area contributed by atoms with Crippen molar-refractivity contribution in [2.75, 3.05) is 10.8 Å². The molecule has 22 heavy (non-hydrogen) atoms. The fourth-order valence-electron chi connectivity index (χ4n) is 2.14. The average molecular weight is 318 g/mol. The molecule has 0 aliphatic carbocycles. The molecule has 0 fully saturated rings. The van der Waals surface area contributed by atoms with Gasteiger partial charge in [0.1, 0.15) is 12.1 Å². The first kappa shape index (κ1) is 16.2. The minimum Gasteiger partial charge on any atom is -0.303 e. The van der Waals surface area contributed by atoms with Crippen LogP contribution in [0.15, 0.2) is 53.6 Å². The monoisotopic (exact) mass is 318 g/mol. The number of carbonyl (C=O) groups excluding carboxylic acids is 1. The molecule has 1 aromatic heterocycles. The van der Waals surface area contributed by atoms with Crippen molar-refractivity contribution in [1.82, 2.24) is 4.98 Å². The molecule has 0 atom stereocenters. The van der Waals surface area contributed by atoms with Crippen molar-refractivity contribution >= 4 is 22.1 Å². The van der Waals surface area contributed by atoms with Gasteiger partial charge in [-0.05, 0) is 37.1 Å². The summed E-state index contributed by atoms with van der Waals surface area (Å²) in [5, 5.41) is 0. The number of nitrogens with zero attached hydrogens (tertiary/aromatic N) is 2. The molecule has 0 N–H and O–H groups in total. The Kier molecular flexibility index (Phi) is 5.27. The van der Waals surface area contributed by atoms with Gasteiger partial charge in [-0.3, -0.25) is 0 Å². The van der Waals surface area contributed by atoms with E-state index in [2.05, 4.69) is 4.98 Å². The number of aldehydes is 1. The molecule has 0 spiro atoms. The van der Waals surface area contributed by atoms with Gasteiger partial charge in [0.2, 0.25) is 0 Å². The van der Waals surface area contributed by atoms with Crippen LogP contribution in [-0.2, 0) is 14.8 Å². The highest BCUT2D eigenvalue weighted by Gasteiger charge is 2.26. The van der Waals surface area contributed by atoms with E-state index in [4.69, 9.17) is 0 Å². The summed E-state index contributed by atoms with van der Waals surface area (Å²) in [6.45, 7) is 1.97. The van der Waals surface area contributed by atoms with E-state index < -0.39 is 10.0 Å².